The average molecular weight is 419 g/mol. The summed E-state index contributed by atoms with van der Waals surface area (Å²) in [5.41, 5.74) is -4.33. The van der Waals surface area contributed by atoms with E-state index in [1.807, 2.05) is 4.13 Å². The molecule has 0 amide bonds. The Morgan fingerprint density at radius 2 is 1.52 bits per heavy atom. The zero-order chi connectivity index (χ0) is 19.0. The third-order valence-corrected chi connectivity index (χ3v) is 8.73. The minimum atomic E-state index is -6.20. The number of hydrogen-bond donors (Lipinski definition) is 0. The average Bonchev–Trinajstić information content (AvgIpc) is 2.87. The highest BCUT2D eigenvalue weighted by atomic mass is 32.3. The molecule has 1 fully saturated rings. The van der Waals surface area contributed by atoms with Gasteiger partial charge in [-0.1, -0.05) is 0 Å². The second-order valence-electron chi connectivity index (χ2n) is 5.50. The van der Waals surface area contributed by atoms with Crippen molar-refractivity contribution in [2.75, 3.05) is 11.5 Å². The van der Waals surface area contributed by atoms with Crippen molar-refractivity contribution in [2.45, 2.75) is 37.1 Å². The number of alkyl halides is 3. The molecule has 1 aromatic carbocycles. The molecule has 25 heavy (non-hydrogen) atoms. The van der Waals surface area contributed by atoms with Crippen LogP contribution in [0.15, 0.2) is 17.0 Å². The molecule has 0 aromatic heterocycles. The molecule has 0 bridgehead atoms. The number of hydrogen-bond acceptors (Lipinski definition) is 5. The zero-order valence-corrected chi connectivity index (χ0v) is 15.8. The summed E-state index contributed by atoms with van der Waals surface area (Å²) in [6.07, 6.45) is 2.23. The lowest BCUT2D eigenvalue weighted by molar-refractivity contribution is -0.0425. The maximum atomic E-state index is 12.3. The van der Waals surface area contributed by atoms with Crippen molar-refractivity contribution in [3.63, 3.8) is 0 Å². The van der Waals surface area contributed by atoms with Crippen LogP contribution in [0.4, 0.5) is 13.2 Å². The molecule has 0 saturated carbocycles. The molecule has 0 atom stereocenters. The Hall–Kier alpha value is -0.980. The van der Waals surface area contributed by atoms with Gasteiger partial charge in [-0.2, -0.15) is 13.2 Å². The smallest absolute Gasteiger partial charge is 0.395 e. The minimum absolute atomic E-state index is 0.0540. The van der Waals surface area contributed by atoms with Crippen molar-refractivity contribution in [2.24, 2.45) is 0 Å². The molecule has 1 aliphatic rings. The zero-order valence-electron chi connectivity index (χ0n) is 13.3. The van der Waals surface area contributed by atoms with Gasteiger partial charge in [0.25, 0.3) is 0 Å². The normalized spacial score (nSPS) is 17.0. The molecule has 0 radical (unpaired) electrons. The molecule has 2 rings (SSSR count). The van der Waals surface area contributed by atoms with Gasteiger partial charge in [-0.05, 0) is 38.8 Å². The lowest BCUT2D eigenvalue weighted by atomic mass is 10.1. The summed E-state index contributed by atoms with van der Waals surface area (Å²) in [7, 11) is -11.5. The van der Waals surface area contributed by atoms with Gasteiger partial charge in [0.1, 0.15) is 17.3 Å². The van der Waals surface area contributed by atoms with Gasteiger partial charge in [-0.3, -0.25) is 0 Å². The molecule has 0 unspecified atom stereocenters. The Balaban J connectivity index is 2.25. The topological polar surface area (TPSA) is 91.6 Å². The molecule has 0 N–H and O–H groups in total. The Morgan fingerprint density at radius 1 is 1.04 bits per heavy atom. The van der Waals surface area contributed by atoms with E-state index in [4.69, 9.17) is 0 Å². The maximum absolute atomic E-state index is 12.3. The molecule has 0 aliphatic carbocycles. The van der Waals surface area contributed by atoms with Crippen molar-refractivity contribution in [3.8, 4) is 5.75 Å². The first-order chi connectivity index (χ1) is 11.3. The third-order valence-electron chi connectivity index (χ3n) is 3.44. The van der Waals surface area contributed by atoms with Gasteiger partial charge >= 0.3 is 5.51 Å². The number of sulfonamides is 1. The summed E-state index contributed by atoms with van der Waals surface area (Å²) in [6, 6.07) is 2.72. The Kier molecular flexibility index (Phi) is 5.67. The fraction of sp³-hybridized carbons (Fsp3) is 0.538. The van der Waals surface area contributed by atoms with Crippen molar-refractivity contribution >= 4 is 31.2 Å². The lowest BCUT2D eigenvalue weighted by Gasteiger charge is -2.22. The predicted molar refractivity (Wildman–Crippen MR) is 88.4 cm³/mol. The summed E-state index contributed by atoms with van der Waals surface area (Å²) in [5, 5.41) is 0. The molecule has 0 spiro atoms. The molecule has 1 heterocycles. The van der Waals surface area contributed by atoms with E-state index in [1.54, 1.807) is 13.8 Å². The number of aryl methyl sites for hydroxylation is 2. The van der Waals surface area contributed by atoms with Crippen LogP contribution in [-0.2, 0) is 31.2 Å². The van der Waals surface area contributed by atoms with Gasteiger partial charge in [0.05, 0.1) is 0 Å². The standard InChI is InChI=1S/C13H16F3NO5S3/c1-9-7-11(8-10(2)12(9)23-5-3-4-6-23)22-25(20,21)17-24(18,19)13(14,15)16/h7-8H,3-6H2,1-2H3. The highest BCUT2D eigenvalue weighted by molar-refractivity contribution is 8.10. The summed E-state index contributed by atoms with van der Waals surface area (Å²) in [6.45, 7) is 3.49. The van der Waals surface area contributed by atoms with Crippen LogP contribution in [0, 0.1) is 13.8 Å². The van der Waals surface area contributed by atoms with Crippen LogP contribution >= 0.6 is 0 Å². The summed E-state index contributed by atoms with van der Waals surface area (Å²) < 4.78 is 87.9. The maximum Gasteiger partial charge on any atom is 0.480 e. The van der Waals surface area contributed by atoms with Crippen molar-refractivity contribution in [1.29, 1.82) is 0 Å². The molecular formula is C13H16F3NO5S3. The third kappa shape index (κ3) is 4.80. The molecule has 1 aromatic rings. The number of rotatable bonds is 5. The second kappa shape index (κ2) is 6.97. The van der Waals surface area contributed by atoms with E-state index >= 15 is 0 Å². The molecule has 1 aliphatic heterocycles. The Labute approximate surface area is 147 Å². The Morgan fingerprint density at radius 3 is 1.96 bits per heavy atom. The molecule has 142 valence electrons. The van der Waals surface area contributed by atoms with E-state index in [-0.39, 0.29) is 16.6 Å². The highest BCUT2D eigenvalue weighted by Gasteiger charge is 2.41. The van der Waals surface area contributed by atoms with E-state index in [1.165, 1.54) is 12.1 Å². The van der Waals surface area contributed by atoms with Crippen LogP contribution in [0.1, 0.15) is 24.0 Å². The van der Waals surface area contributed by atoms with Crippen LogP contribution in [-0.4, -0.2) is 33.8 Å². The highest BCUT2D eigenvalue weighted by Crippen LogP contribution is 2.34. The second-order valence-corrected chi connectivity index (χ2v) is 10.7. The van der Waals surface area contributed by atoms with Crippen LogP contribution in [0.25, 0.3) is 4.13 Å². The number of halogens is 3. The molecule has 12 heteroatoms. The van der Waals surface area contributed by atoms with Gasteiger partial charge < -0.3 is 8.31 Å². The molecule has 1 saturated heterocycles. The van der Waals surface area contributed by atoms with Crippen molar-refractivity contribution in [3.05, 3.63) is 27.4 Å². The van der Waals surface area contributed by atoms with Crippen molar-refractivity contribution < 1.29 is 34.2 Å². The number of benzene rings is 1. The van der Waals surface area contributed by atoms with E-state index in [0.717, 1.165) is 40.4 Å². The fourth-order valence-corrected chi connectivity index (χ4v) is 7.08. The van der Waals surface area contributed by atoms with Gasteiger partial charge in [0, 0.05) is 22.0 Å². The first-order valence-corrected chi connectivity index (χ1v) is 11.5. The number of nitrogens with zero attached hydrogens (tertiary/aromatic N) is 1. The largest absolute Gasteiger partial charge is 0.480 e. The van der Waals surface area contributed by atoms with Gasteiger partial charge in [0.15, 0.2) is 14.9 Å². The van der Waals surface area contributed by atoms with E-state index in [2.05, 4.69) is 4.18 Å². The summed E-state index contributed by atoms with van der Waals surface area (Å²) in [5.74, 6) is 1.81. The van der Waals surface area contributed by atoms with E-state index in [0.29, 0.717) is 0 Å². The molecule has 6 nitrogen and oxygen atoms in total. The van der Waals surface area contributed by atoms with Gasteiger partial charge in [-0.15, -0.1) is 0 Å². The van der Waals surface area contributed by atoms with Gasteiger partial charge in [0.2, 0.25) is 10.3 Å². The Bertz CT molecular complexity index is 836. The van der Waals surface area contributed by atoms with Crippen LogP contribution in [0.5, 0.6) is 5.75 Å². The fourth-order valence-electron chi connectivity index (χ4n) is 2.57. The van der Waals surface area contributed by atoms with Crippen molar-refractivity contribution in [1.82, 2.24) is 0 Å². The molecular weight excluding hydrogens is 403 g/mol. The lowest BCUT2D eigenvalue weighted by Crippen LogP contribution is -2.25. The monoisotopic (exact) mass is 419 g/mol. The van der Waals surface area contributed by atoms with Crippen LogP contribution in [0.2, 0.25) is 0 Å². The van der Waals surface area contributed by atoms with Crippen LogP contribution < -0.4 is 4.18 Å². The van der Waals surface area contributed by atoms with E-state index < -0.39 is 25.8 Å². The quantitative estimate of drug-likeness (QED) is 0.685. The first kappa shape index (κ1) is 20.3. The predicted octanol–water partition coefficient (Wildman–Crippen LogP) is 2.92. The SMILES string of the molecule is Cc1cc(OS(=O)(=O)[N-]S(=O)(=O)C(F)(F)F)cc(C)c1[S+]1CCCC1. The van der Waals surface area contributed by atoms with Crippen LogP contribution in [0.3, 0.4) is 0 Å². The van der Waals surface area contributed by atoms with E-state index in [9.17, 15) is 30.0 Å². The van der Waals surface area contributed by atoms with Gasteiger partial charge in [-0.25, -0.2) is 16.8 Å². The summed E-state index contributed by atoms with van der Waals surface area (Å²) in [4.78, 5) is 1.09. The first-order valence-electron chi connectivity index (χ1n) is 7.11. The summed E-state index contributed by atoms with van der Waals surface area (Å²) >= 11 is 0. The minimum Gasteiger partial charge on any atom is -0.395 e.